The Kier molecular flexibility index (Phi) is 3.21. The highest BCUT2D eigenvalue weighted by molar-refractivity contribution is 5.78. The number of aromatic nitrogens is 6. The summed E-state index contributed by atoms with van der Waals surface area (Å²) in [5, 5.41) is 13.3. The Bertz CT molecular complexity index is 1240. The minimum absolute atomic E-state index is 0.284. The molecule has 4 aromatic rings. The topological polar surface area (TPSA) is 60.9 Å². The van der Waals surface area contributed by atoms with Gasteiger partial charge in [-0.25, -0.2) is 13.8 Å². The molecule has 28 heavy (non-hydrogen) atoms. The van der Waals surface area contributed by atoms with Crippen LogP contribution in [0, 0.1) is 11.6 Å². The Hall–Kier alpha value is -3.16. The van der Waals surface area contributed by atoms with Crippen LogP contribution < -0.4 is 0 Å². The van der Waals surface area contributed by atoms with Crippen LogP contribution in [0.25, 0.3) is 28.3 Å². The van der Waals surface area contributed by atoms with Gasteiger partial charge in [0, 0.05) is 30.5 Å². The molecule has 3 aromatic heterocycles. The monoisotopic (exact) mass is 378 g/mol. The highest BCUT2D eigenvalue weighted by Gasteiger charge is 2.30. The molecule has 1 fully saturated rings. The lowest BCUT2D eigenvalue weighted by atomic mass is 10.1. The molecule has 0 radical (unpaired) electrons. The molecule has 0 amide bonds. The maximum absolute atomic E-state index is 14.5. The molecular weight excluding hydrogens is 362 g/mol. The predicted octanol–water partition coefficient (Wildman–Crippen LogP) is 3.76. The Morgan fingerprint density at radius 1 is 1.04 bits per heavy atom. The van der Waals surface area contributed by atoms with E-state index in [0.717, 1.165) is 55.6 Å². The second-order valence-corrected chi connectivity index (χ2v) is 7.43. The first-order valence-corrected chi connectivity index (χ1v) is 9.46. The molecule has 0 saturated heterocycles. The number of halogens is 2. The van der Waals surface area contributed by atoms with Crippen molar-refractivity contribution in [3.63, 3.8) is 0 Å². The minimum Gasteiger partial charge on any atom is -0.326 e. The summed E-state index contributed by atoms with van der Waals surface area (Å²) < 4.78 is 31.8. The number of rotatable bonds is 3. The van der Waals surface area contributed by atoms with Crippen LogP contribution in [0.2, 0.25) is 0 Å². The van der Waals surface area contributed by atoms with Gasteiger partial charge in [-0.2, -0.15) is 9.61 Å². The number of nitrogens with zero attached hydrogens (tertiary/aromatic N) is 6. The van der Waals surface area contributed by atoms with Gasteiger partial charge in [-0.05, 0) is 43.5 Å². The molecule has 8 heteroatoms. The SMILES string of the molecule is Fc1ccc(-c2nc3n(c2-c2ccc4nnc(C5CC5)n4n2)CCC3)c(F)c1. The van der Waals surface area contributed by atoms with Gasteiger partial charge in [0.25, 0.3) is 0 Å². The molecule has 6 nitrogen and oxygen atoms in total. The van der Waals surface area contributed by atoms with Crippen molar-refractivity contribution in [2.45, 2.75) is 38.1 Å². The van der Waals surface area contributed by atoms with Crippen molar-refractivity contribution in [3.8, 4) is 22.6 Å². The van der Waals surface area contributed by atoms with Crippen LogP contribution in [0.5, 0.6) is 0 Å². The van der Waals surface area contributed by atoms with Crippen LogP contribution in [0.3, 0.4) is 0 Å². The van der Waals surface area contributed by atoms with Gasteiger partial charge in [0.05, 0.1) is 5.69 Å². The van der Waals surface area contributed by atoms with Gasteiger partial charge in [0.2, 0.25) is 0 Å². The standard InChI is InChI=1S/C20H16F2N6/c21-12-5-6-13(14(22)10-12)18-19(27-9-1-2-16(27)23-18)15-7-8-17-24-25-20(11-3-4-11)28(17)26-15/h5-8,10-11H,1-4,9H2. The molecule has 1 aromatic carbocycles. The van der Waals surface area contributed by atoms with E-state index in [1.165, 1.54) is 12.1 Å². The first-order valence-electron chi connectivity index (χ1n) is 9.46. The van der Waals surface area contributed by atoms with Crippen LogP contribution in [0.4, 0.5) is 8.78 Å². The van der Waals surface area contributed by atoms with Crippen LogP contribution in [-0.4, -0.2) is 29.4 Å². The summed E-state index contributed by atoms with van der Waals surface area (Å²) in [4.78, 5) is 4.69. The molecule has 2 aliphatic rings. The number of imidazole rings is 1. The maximum Gasteiger partial charge on any atom is 0.177 e. The van der Waals surface area contributed by atoms with Crippen molar-refractivity contribution >= 4 is 5.65 Å². The molecule has 6 rings (SSSR count). The van der Waals surface area contributed by atoms with Crippen LogP contribution in [-0.2, 0) is 13.0 Å². The first kappa shape index (κ1) is 15.9. The Labute approximate surface area is 158 Å². The van der Waals surface area contributed by atoms with Gasteiger partial charge < -0.3 is 4.57 Å². The zero-order valence-electron chi connectivity index (χ0n) is 14.9. The quantitative estimate of drug-likeness (QED) is 0.545. The zero-order valence-corrected chi connectivity index (χ0v) is 14.9. The molecular formula is C20H16F2N6. The molecule has 1 saturated carbocycles. The number of benzene rings is 1. The minimum atomic E-state index is -0.623. The molecule has 4 heterocycles. The summed E-state index contributed by atoms with van der Waals surface area (Å²) in [5.41, 5.74) is 2.93. The van der Waals surface area contributed by atoms with Crippen molar-refractivity contribution in [1.82, 2.24) is 29.4 Å². The summed E-state index contributed by atoms with van der Waals surface area (Å²) in [6, 6.07) is 7.34. The van der Waals surface area contributed by atoms with E-state index < -0.39 is 11.6 Å². The van der Waals surface area contributed by atoms with Gasteiger partial charge in [0.1, 0.15) is 28.8 Å². The normalized spacial score (nSPS) is 16.1. The molecule has 0 N–H and O–H groups in total. The fourth-order valence-corrected chi connectivity index (χ4v) is 3.98. The molecule has 1 aliphatic carbocycles. The number of hydrogen-bond acceptors (Lipinski definition) is 4. The van der Waals surface area contributed by atoms with E-state index >= 15 is 0 Å². The fourth-order valence-electron chi connectivity index (χ4n) is 3.98. The van der Waals surface area contributed by atoms with E-state index in [9.17, 15) is 8.78 Å². The smallest absolute Gasteiger partial charge is 0.177 e. The summed E-state index contributed by atoms with van der Waals surface area (Å²) in [6.07, 6.45) is 4.02. The van der Waals surface area contributed by atoms with E-state index in [1.807, 2.05) is 12.1 Å². The third-order valence-electron chi connectivity index (χ3n) is 5.49. The van der Waals surface area contributed by atoms with E-state index in [2.05, 4.69) is 19.7 Å². The summed E-state index contributed by atoms with van der Waals surface area (Å²) in [7, 11) is 0. The lowest BCUT2D eigenvalue weighted by molar-refractivity contribution is 0.585. The lowest BCUT2D eigenvalue weighted by Crippen LogP contribution is -2.03. The number of fused-ring (bicyclic) bond motifs is 2. The maximum atomic E-state index is 14.5. The molecule has 0 atom stereocenters. The third kappa shape index (κ3) is 2.30. The van der Waals surface area contributed by atoms with E-state index in [4.69, 9.17) is 5.10 Å². The Morgan fingerprint density at radius 2 is 1.93 bits per heavy atom. The van der Waals surface area contributed by atoms with Crippen LogP contribution in [0.15, 0.2) is 30.3 Å². The lowest BCUT2D eigenvalue weighted by Gasteiger charge is -2.09. The highest BCUT2D eigenvalue weighted by Crippen LogP contribution is 2.40. The van der Waals surface area contributed by atoms with Gasteiger partial charge in [-0.1, -0.05) is 0 Å². The molecule has 140 valence electrons. The zero-order chi connectivity index (χ0) is 18.8. The van der Waals surface area contributed by atoms with Crippen molar-refractivity contribution in [2.75, 3.05) is 0 Å². The van der Waals surface area contributed by atoms with Crippen molar-refractivity contribution in [2.24, 2.45) is 0 Å². The Morgan fingerprint density at radius 3 is 2.75 bits per heavy atom. The molecule has 0 bridgehead atoms. The van der Waals surface area contributed by atoms with E-state index in [1.54, 1.807) is 4.52 Å². The molecule has 1 aliphatic heterocycles. The fraction of sp³-hybridized carbons (Fsp3) is 0.300. The first-order chi connectivity index (χ1) is 13.7. The Balaban J connectivity index is 1.59. The van der Waals surface area contributed by atoms with Crippen LogP contribution >= 0.6 is 0 Å². The molecule has 0 spiro atoms. The predicted molar refractivity (Wildman–Crippen MR) is 97.7 cm³/mol. The highest BCUT2D eigenvalue weighted by atomic mass is 19.1. The second-order valence-electron chi connectivity index (χ2n) is 7.43. The summed E-state index contributed by atoms with van der Waals surface area (Å²) in [6.45, 7) is 0.803. The average molecular weight is 378 g/mol. The van der Waals surface area contributed by atoms with Crippen molar-refractivity contribution < 1.29 is 8.78 Å². The second kappa shape index (κ2) is 5.67. The van der Waals surface area contributed by atoms with Gasteiger partial charge >= 0.3 is 0 Å². The van der Waals surface area contributed by atoms with E-state index in [0.29, 0.717) is 23.0 Å². The van der Waals surface area contributed by atoms with Crippen molar-refractivity contribution in [1.29, 1.82) is 0 Å². The van der Waals surface area contributed by atoms with E-state index in [-0.39, 0.29) is 5.56 Å². The average Bonchev–Trinajstić information content (AvgIpc) is 3.11. The molecule has 0 unspecified atom stereocenters. The van der Waals surface area contributed by atoms with Crippen molar-refractivity contribution in [3.05, 3.63) is 53.6 Å². The van der Waals surface area contributed by atoms with Gasteiger partial charge in [-0.15, -0.1) is 10.2 Å². The number of aryl methyl sites for hydroxylation is 1. The van der Waals surface area contributed by atoms with Gasteiger partial charge in [0.15, 0.2) is 11.5 Å². The number of hydrogen-bond donors (Lipinski definition) is 0. The summed E-state index contributed by atoms with van der Waals surface area (Å²) >= 11 is 0. The summed E-state index contributed by atoms with van der Waals surface area (Å²) in [5.74, 6) is 0.951. The largest absolute Gasteiger partial charge is 0.326 e. The third-order valence-corrected chi connectivity index (χ3v) is 5.49. The van der Waals surface area contributed by atoms with Crippen LogP contribution in [0.1, 0.15) is 36.8 Å². The van der Waals surface area contributed by atoms with Gasteiger partial charge in [-0.3, -0.25) is 0 Å².